The molecule has 2 rings (SSSR count). The number of hydrogen-bond acceptors (Lipinski definition) is 5. The van der Waals surface area contributed by atoms with Crippen molar-refractivity contribution in [2.24, 2.45) is 0 Å². The maximum absolute atomic E-state index is 11.7. The van der Waals surface area contributed by atoms with Gasteiger partial charge in [0.05, 0.1) is 11.8 Å². The van der Waals surface area contributed by atoms with E-state index in [1.54, 1.807) is 19.1 Å². The van der Waals surface area contributed by atoms with E-state index in [2.05, 4.69) is 10.9 Å². The third-order valence-electron chi connectivity index (χ3n) is 2.64. The van der Waals surface area contributed by atoms with Crippen molar-refractivity contribution in [2.45, 2.75) is 6.92 Å². The van der Waals surface area contributed by atoms with Gasteiger partial charge >= 0.3 is 0 Å². The van der Waals surface area contributed by atoms with Crippen LogP contribution in [-0.2, 0) is 4.79 Å². The third kappa shape index (κ3) is 3.75. The number of aryl methyl sites for hydroxylation is 1. The molecule has 0 aliphatic carbocycles. The predicted molar refractivity (Wildman–Crippen MR) is 72.7 cm³/mol. The van der Waals surface area contributed by atoms with Gasteiger partial charge in [-0.3, -0.25) is 20.4 Å². The molecule has 0 aliphatic rings. The molecule has 1 aromatic heterocycles. The van der Waals surface area contributed by atoms with Crippen LogP contribution < -0.4 is 15.6 Å². The molecule has 1 aromatic carbocycles. The molecule has 0 spiro atoms. The molecule has 110 valence electrons. The highest BCUT2D eigenvalue weighted by Gasteiger charge is 2.12. The van der Waals surface area contributed by atoms with Gasteiger partial charge in [-0.2, -0.15) is 0 Å². The van der Waals surface area contributed by atoms with Crippen LogP contribution in [0.1, 0.15) is 16.1 Å². The SMILES string of the molecule is Cc1occc1C(=O)NNC(=O)COc1ccccc1O. The maximum atomic E-state index is 11.7. The molecule has 0 radical (unpaired) electrons. The van der Waals surface area contributed by atoms with Crippen molar-refractivity contribution in [1.82, 2.24) is 10.9 Å². The summed E-state index contributed by atoms with van der Waals surface area (Å²) in [5, 5.41) is 9.46. The average Bonchev–Trinajstić information content (AvgIpc) is 2.90. The number of aromatic hydroxyl groups is 1. The molecule has 1 heterocycles. The molecule has 0 saturated heterocycles. The van der Waals surface area contributed by atoms with Crippen molar-refractivity contribution >= 4 is 11.8 Å². The fraction of sp³-hybridized carbons (Fsp3) is 0.143. The molecule has 2 amide bonds. The van der Waals surface area contributed by atoms with Crippen molar-refractivity contribution in [2.75, 3.05) is 6.61 Å². The second-order valence-corrected chi connectivity index (χ2v) is 4.15. The Morgan fingerprint density at radius 2 is 2.00 bits per heavy atom. The Morgan fingerprint density at radius 3 is 2.67 bits per heavy atom. The summed E-state index contributed by atoms with van der Waals surface area (Å²) in [7, 11) is 0. The van der Waals surface area contributed by atoms with Crippen LogP contribution in [0.4, 0.5) is 0 Å². The van der Waals surface area contributed by atoms with E-state index < -0.39 is 11.8 Å². The summed E-state index contributed by atoms with van der Waals surface area (Å²) in [5.74, 6) is -0.481. The molecule has 0 bridgehead atoms. The van der Waals surface area contributed by atoms with Crippen LogP contribution in [-0.4, -0.2) is 23.5 Å². The van der Waals surface area contributed by atoms with Crippen LogP contribution in [0.2, 0.25) is 0 Å². The Hall–Kier alpha value is -2.96. The van der Waals surface area contributed by atoms with E-state index >= 15 is 0 Å². The maximum Gasteiger partial charge on any atom is 0.276 e. The standard InChI is InChI=1S/C14H14N2O5/c1-9-10(6-7-20-9)14(19)16-15-13(18)8-21-12-5-3-2-4-11(12)17/h2-7,17H,8H2,1H3,(H,15,18)(H,16,19). The van der Waals surface area contributed by atoms with Gasteiger partial charge < -0.3 is 14.3 Å². The monoisotopic (exact) mass is 290 g/mol. The first-order valence-electron chi connectivity index (χ1n) is 6.12. The van der Waals surface area contributed by atoms with Crippen LogP contribution >= 0.6 is 0 Å². The fourth-order valence-electron chi connectivity index (χ4n) is 1.57. The molecule has 0 unspecified atom stereocenters. The van der Waals surface area contributed by atoms with E-state index in [0.717, 1.165) is 0 Å². The number of benzene rings is 1. The van der Waals surface area contributed by atoms with Gasteiger partial charge in [-0.25, -0.2) is 0 Å². The first-order valence-corrected chi connectivity index (χ1v) is 6.12. The molecule has 21 heavy (non-hydrogen) atoms. The molecule has 0 aliphatic heterocycles. The summed E-state index contributed by atoms with van der Waals surface area (Å²) in [6, 6.07) is 7.76. The van der Waals surface area contributed by atoms with Gasteiger partial charge in [0.1, 0.15) is 5.76 Å². The zero-order chi connectivity index (χ0) is 15.2. The number of phenols is 1. The molecule has 2 aromatic rings. The highest BCUT2D eigenvalue weighted by atomic mass is 16.5. The highest BCUT2D eigenvalue weighted by molar-refractivity contribution is 5.96. The van der Waals surface area contributed by atoms with Gasteiger partial charge in [-0.15, -0.1) is 0 Å². The number of nitrogens with one attached hydrogen (secondary N) is 2. The molecule has 3 N–H and O–H groups in total. The lowest BCUT2D eigenvalue weighted by molar-refractivity contribution is -0.123. The van der Waals surface area contributed by atoms with E-state index in [4.69, 9.17) is 9.15 Å². The number of para-hydroxylation sites is 2. The van der Waals surface area contributed by atoms with E-state index in [-0.39, 0.29) is 18.1 Å². The number of carbonyl (C=O) groups excluding carboxylic acids is 2. The molecule has 7 nitrogen and oxygen atoms in total. The number of furan rings is 1. The second-order valence-electron chi connectivity index (χ2n) is 4.15. The molecule has 0 saturated carbocycles. The summed E-state index contributed by atoms with van der Waals surface area (Å²) in [6.45, 7) is 1.29. The minimum absolute atomic E-state index is 0.0663. The topological polar surface area (TPSA) is 101 Å². The minimum atomic E-state index is -0.562. The lowest BCUT2D eigenvalue weighted by atomic mass is 10.2. The van der Waals surface area contributed by atoms with Crippen molar-refractivity contribution in [1.29, 1.82) is 0 Å². The van der Waals surface area contributed by atoms with Crippen molar-refractivity contribution in [3.8, 4) is 11.5 Å². The summed E-state index contributed by atoms with van der Waals surface area (Å²) >= 11 is 0. The second kappa shape index (κ2) is 6.47. The van der Waals surface area contributed by atoms with Gasteiger partial charge in [0.15, 0.2) is 18.1 Å². The molecular formula is C14H14N2O5. The summed E-state index contributed by atoms with van der Waals surface area (Å²) in [6.07, 6.45) is 1.38. The third-order valence-corrected chi connectivity index (χ3v) is 2.64. The first-order chi connectivity index (χ1) is 10.1. The van der Waals surface area contributed by atoms with Crippen LogP contribution in [0.5, 0.6) is 11.5 Å². The van der Waals surface area contributed by atoms with Gasteiger partial charge in [-0.05, 0) is 25.1 Å². The number of amides is 2. The number of rotatable bonds is 4. The number of hydrogen-bond donors (Lipinski definition) is 3. The largest absolute Gasteiger partial charge is 0.504 e. The summed E-state index contributed by atoms with van der Waals surface area (Å²) in [5.41, 5.74) is 4.77. The molecular weight excluding hydrogens is 276 g/mol. The van der Waals surface area contributed by atoms with E-state index in [9.17, 15) is 14.7 Å². The van der Waals surface area contributed by atoms with Crippen molar-refractivity contribution in [3.63, 3.8) is 0 Å². The Morgan fingerprint density at radius 1 is 1.24 bits per heavy atom. The number of carbonyl (C=O) groups is 2. The van der Waals surface area contributed by atoms with Gasteiger partial charge in [0.25, 0.3) is 11.8 Å². The fourth-order valence-corrected chi connectivity index (χ4v) is 1.57. The molecule has 0 atom stereocenters. The lowest BCUT2D eigenvalue weighted by Crippen LogP contribution is -2.43. The normalized spacial score (nSPS) is 9.95. The lowest BCUT2D eigenvalue weighted by Gasteiger charge is -2.09. The molecule has 7 heteroatoms. The number of hydrazine groups is 1. The van der Waals surface area contributed by atoms with Crippen LogP contribution in [0.15, 0.2) is 41.0 Å². The van der Waals surface area contributed by atoms with Gasteiger partial charge in [0, 0.05) is 0 Å². The van der Waals surface area contributed by atoms with E-state index in [1.165, 1.54) is 24.5 Å². The van der Waals surface area contributed by atoms with Gasteiger partial charge in [0.2, 0.25) is 0 Å². The predicted octanol–water partition coefficient (Wildman–Crippen LogP) is 1.13. The number of ether oxygens (including phenoxy) is 1. The minimum Gasteiger partial charge on any atom is -0.504 e. The van der Waals surface area contributed by atoms with E-state index in [1.807, 2.05) is 0 Å². The van der Waals surface area contributed by atoms with Crippen molar-refractivity contribution < 1.29 is 23.8 Å². The highest BCUT2D eigenvalue weighted by Crippen LogP contribution is 2.23. The summed E-state index contributed by atoms with van der Waals surface area (Å²) < 4.78 is 10.1. The zero-order valence-electron chi connectivity index (χ0n) is 11.3. The first kappa shape index (κ1) is 14.4. The average molecular weight is 290 g/mol. The molecule has 0 fully saturated rings. The van der Waals surface area contributed by atoms with Gasteiger partial charge in [-0.1, -0.05) is 12.1 Å². The number of phenolic OH excluding ortho intramolecular Hbond substituents is 1. The van der Waals surface area contributed by atoms with Crippen LogP contribution in [0.25, 0.3) is 0 Å². The Labute approximate surface area is 120 Å². The van der Waals surface area contributed by atoms with E-state index in [0.29, 0.717) is 11.3 Å². The quantitative estimate of drug-likeness (QED) is 0.733. The summed E-state index contributed by atoms with van der Waals surface area (Å²) in [4.78, 5) is 23.2. The Bertz CT molecular complexity index is 650. The van der Waals surface area contributed by atoms with Crippen LogP contribution in [0, 0.1) is 6.92 Å². The zero-order valence-corrected chi connectivity index (χ0v) is 11.3. The van der Waals surface area contributed by atoms with Crippen LogP contribution in [0.3, 0.4) is 0 Å². The van der Waals surface area contributed by atoms with Crippen molar-refractivity contribution in [3.05, 3.63) is 47.9 Å². The smallest absolute Gasteiger partial charge is 0.276 e. The Balaban J connectivity index is 1.79. The Kier molecular flexibility index (Phi) is 4.45.